The summed E-state index contributed by atoms with van der Waals surface area (Å²) in [4.78, 5) is 36.2. The molecule has 1 amide bonds. The monoisotopic (exact) mass is 424 g/mol. The summed E-state index contributed by atoms with van der Waals surface area (Å²) in [7, 11) is 1.22. The number of ether oxygens (including phenoxy) is 2. The maximum atomic E-state index is 12.3. The summed E-state index contributed by atoms with van der Waals surface area (Å²) in [6.07, 6.45) is 0.369. The van der Waals surface area contributed by atoms with E-state index in [1.807, 2.05) is 55.5 Å². The maximum Gasteiger partial charge on any atom is 0.416 e. The fourth-order valence-electron chi connectivity index (χ4n) is 3.35. The van der Waals surface area contributed by atoms with Gasteiger partial charge in [0.2, 0.25) is 0 Å². The molecule has 8 heteroatoms. The summed E-state index contributed by atoms with van der Waals surface area (Å²) in [5.74, 6) is -0.655. The molecular weight excluding hydrogens is 400 g/mol. The van der Waals surface area contributed by atoms with E-state index in [1.165, 1.54) is 13.3 Å². The molecule has 0 spiro atoms. The summed E-state index contributed by atoms with van der Waals surface area (Å²) < 4.78 is 11.1. The normalized spacial score (nSPS) is 11.7. The molecule has 162 valence electrons. The van der Waals surface area contributed by atoms with Crippen molar-refractivity contribution in [2.75, 3.05) is 7.11 Å². The Bertz CT molecular complexity index is 1090. The average molecular weight is 424 g/mol. The Morgan fingerprint density at radius 2 is 1.84 bits per heavy atom. The van der Waals surface area contributed by atoms with Crippen molar-refractivity contribution < 1.29 is 29.0 Å². The number of hydrogen-bond donors (Lipinski definition) is 2. The second kappa shape index (κ2) is 9.80. The molecule has 1 aromatic heterocycles. The first-order valence-corrected chi connectivity index (χ1v) is 9.84. The van der Waals surface area contributed by atoms with E-state index in [9.17, 15) is 19.5 Å². The lowest BCUT2D eigenvalue weighted by molar-refractivity contribution is -0.143. The van der Waals surface area contributed by atoms with Crippen molar-refractivity contribution in [3.63, 3.8) is 0 Å². The summed E-state index contributed by atoms with van der Waals surface area (Å²) >= 11 is 0. The van der Waals surface area contributed by atoms with E-state index in [0.717, 1.165) is 22.1 Å². The molecule has 3 aromatic rings. The molecule has 0 radical (unpaired) electrons. The predicted octanol–water partition coefficient (Wildman–Crippen LogP) is 3.74. The zero-order valence-electron chi connectivity index (χ0n) is 17.3. The van der Waals surface area contributed by atoms with Gasteiger partial charge in [-0.25, -0.2) is 14.4 Å². The topological polar surface area (TPSA) is 107 Å². The third-order valence-electron chi connectivity index (χ3n) is 4.98. The molecule has 0 aliphatic carbocycles. The van der Waals surface area contributed by atoms with E-state index in [-0.39, 0.29) is 13.0 Å². The van der Waals surface area contributed by atoms with E-state index in [4.69, 9.17) is 9.47 Å². The summed E-state index contributed by atoms with van der Waals surface area (Å²) in [6, 6.07) is 13.7. The highest BCUT2D eigenvalue weighted by Crippen LogP contribution is 2.24. The standard InChI is InChI=1S/C23H24N2O6/c1-3-15-9-10-18-17(13-25(23(28)29)20(18)11-15)12-19(21(26)30-2)24-22(27)31-14-16-7-5-4-6-8-16/h4-11,13,19H,3,12,14H2,1-2H3,(H,24,27)(H,28,29). The first-order valence-electron chi connectivity index (χ1n) is 9.84. The number of nitrogens with zero attached hydrogens (tertiary/aromatic N) is 1. The van der Waals surface area contributed by atoms with Gasteiger partial charge in [0.15, 0.2) is 0 Å². The maximum absolute atomic E-state index is 12.3. The Morgan fingerprint density at radius 3 is 2.48 bits per heavy atom. The molecule has 1 atom stereocenters. The molecule has 1 unspecified atom stereocenters. The Labute approximate surface area is 179 Å². The Balaban J connectivity index is 1.80. The van der Waals surface area contributed by atoms with Crippen LogP contribution in [-0.4, -0.2) is 41.0 Å². The fraction of sp³-hybridized carbons (Fsp3) is 0.261. The van der Waals surface area contributed by atoms with Crippen LogP contribution in [0.25, 0.3) is 10.9 Å². The number of alkyl carbamates (subject to hydrolysis) is 1. The summed E-state index contributed by atoms with van der Waals surface area (Å²) in [6.45, 7) is 2.03. The first kappa shape index (κ1) is 21.9. The smallest absolute Gasteiger partial charge is 0.416 e. The van der Waals surface area contributed by atoms with Crippen molar-refractivity contribution in [3.8, 4) is 0 Å². The largest absolute Gasteiger partial charge is 0.467 e. The van der Waals surface area contributed by atoms with Gasteiger partial charge in [0.05, 0.1) is 12.6 Å². The quantitative estimate of drug-likeness (QED) is 0.560. The molecule has 0 aliphatic heterocycles. The van der Waals surface area contributed by atoms with Gasteiger partial charge in [0.1, 0.15) is 12.6 Å². The van der Waals surface area contributed by atoms with E-state index >= 15 is 0 Å². The van der Waals surface area contributed by atoms with Gasteiger partial charge < -0.3 is 19.9 Å². The molecular formula is C23H24N2O6. The van der Waals surface area contributed by atoms with Crippen molar-refractivity contribution in [3.05, 3.63) is 71.4 Å². The number of rotatable bonds is 7. The van der Waals surface area contributed by atoms with Gasteiger partial charge in [-0.2, -0.15) is 0 Å². The van der Waals surface area contributed by atoms with Gasteiger partial charge in [-0.15, -0.1) is 0 Å². The van der Waals surface area contributed by atoms with Crippen molar-refractivity contribution in [1.29, 1.82) is 0 Å². The van der Waals surface area contributed by atoms with E-state index in [1.54, 1.807) is 0 Å². The number of amides is 1. The number of carbonyl (C=O) groups excluding carboxylic acids is 2. The average Bonchev–Trinajstić information content (AvgIpc) is 3.15. The van der Waals surface area contributed by atoms with Crippen LogP contribution in [0.4, 0.5) is 9.59 Å². The fourth-order valence-corrected chi connectivity index (χ4v) is 3.35. The number of carbonyl (C=O) groups is 3. The molecule has 0 bridgehead atoms. The van der Waals surface area contributed by atoms with Crippen molar-refractivity contribution >= 4 is 29.1 Å². The minimum Gasteiger partial charge on any atom is -0.467 e. The van der Waals surface area contributed by atoms with Crippen LogP contribution < -0.4 is 5.32 Å². The molecule has 8 nitrogen and oxygen atoms in total. The molecule has 31 heavy (non-hydrogen) atoms. The molecule has 2 aromatic carbocycles. The zero-order valence-corrected chi connectivity index (χ0v) is 17.3. The van der Waals surface area contributed by atoms with Crippen LogP contribution in [0.3, 0.4) is 0 Å². The molecule has 0 saturated heterocycles. The molecule has 3 rings (SSSR count). The van der Waals surface area contributed by atoms with Crippen LogP contribution in [0.15, 0.2) is 54.7 Å². The van der Waals surface area contributed by atoms with Crippen LogP contribution >= 0.6 is 0 Å². The number of aromatic nitrogens is 1. The summed E-state index contributed by atoms with van der Waals surface area (Å²) in [5.41, 5.74) is 2.92. The predicted molar refractivity (Wildman–Crippen MR) is 114 cm³/mol. The van der Waals surface area contributed by atoms with Crippen LogP contribution in [0.2, 0.25) is 0 Å². The lowest BCUT2D eigenvalue weighted by Crippen LogP contribution is -2.43. The van der Waals surface area contributed by atoms with Gasteiger partial charge in [-0.3, -0.25) is 4.57 Å². The highest BCUT2D eigenvalue weighted by Gasteiger charge is 2.25. The second-order valence-electron chi connectivity index (χ2n) is 7.00. The van der Waals surface area contributed by atoms with Gasteiger partial charge >= 0.3 is 18.2 Å². The van der Waals surface area contributed by atoms with Crippen molar-refractivity contribution in [1.82, 2.24) is 9.88 Å². The Kier molecular flexibility index (Phi) is 6.92. The van der Waals surface area contributed by atoms with E-state index in [2.05, 4.69) is 5.32 Å². The van der Waals surface area contributed by atoms with Crippen LogP contribution in [0, 0.1) is 0 Å². The van der Waals surface area contributed by atoms with Crippen LogP contribution in [0.1, 0.15) is 23.6 Å². The lowest BCUT2D eigenvalue weighted by atomic mass is 10.0. The third-order valence-corrected chi connectivity index (χ3v) is 4.98. The highest BCUT2D eigenvalue weighted by atomic mass is 16.6. The Hall–Kier alpha value is -3.81. The number of hydrogen-bond acceptors (Lipinski definition) is 5. The van der Waals surface area contributed by atoms with Gasteiger partial charge in [-0.05, 0) is 29.2 Å². The van der Waals surface area contributed by atoms with Gasteiger partial charge in [0, 0.05) is 18.0 Å². The first-order chi connectivity index (χ1) is 14.9. The lowest BCUT2D eigenvalue weighted by Gasteiger charge is -2.16. The third kappa shape index (κ3) is 5.22. The minimum absolute atomic E-state index is 0.0510. The van der Waals surface area contributed by atoms with Crippen LogP contribution in [0.5, 0.6) is 0 Å². The molecule has 0 saturated carbocycles. The SMILES string of the molecule is CCc1ccc2c(CC(NC(=O)OCc3ccccc3)C(=O)OC)cn(C(=O)O)c2c1. The number of aryl methyl sites for hydroxylation is 1. The molecule has 0 fully saturated rings. The minimum atomic E-state index is -1.13. The second-order valence-corrected chi connectivity index (χ2v) is 7.00. The number of fused-ring (bicyclic) bond motifs is 1. The Morgan fingerprint density at radius 1 is 1.10 bits per heavy atom. The zero-order chi connectivity index (χ0) is 22.4. The molecule has 0 aliphatic rings. The number of benzene rings is 2. The summed E-state index contributed by atoms with van der Waals surface area (Å²) in [5, 5.41) is 12.8. The van der Waals surface area contributed by atoms with E-state index < -0.39 is 24.2 Å². The van der Waals surface area contributed by atoms with Gasteiger partial charge in [0.25, 0.3) is 0 Å². The molecule has 1 heterocycles. The van der Waals surface area contributed by atoms with E-state index in [0.29, 0.717) is 16.5 Å². The van der Waals surface area contributed by atoms with Crippen molar-refractivity contribution in [2.45, 2.75) is 32.4 Å². The van der Waals surface area contributed by atoms with Gasteiger partial charge in [-0.1, -0.05) is 49.4 Å². The number of carboxylic acid groups (broad SMARTS) is 1. The highest BCUT2D eigenvalue weighted by molar-refractivity contribution is 5.92. The molecule has 2 N–H and O–H groups in total. The number of esters is 1. The van der Waals surface area contributed by atoms with Crippen molar-refractivity contribution in [2.24, 2.45) is 0 Å². The van der Waals surface area contributed by atoms with Crippen LogP contribution in [-0.2, 0) is 33.7 Å². The number of methoxy groups -OCH3 is 1. The number of nitrogens with one attached hydrogen (secondary N) is 1.